The van der Waals surface area contributed by atoms with Crippen LogP contribution in [-0.4, -0.2) is 49.0 Å². The lowest BCUT2D eigenvalue weighted by atomic mass is 10.1. The molecule has 20 heavy (non-hydrogen) atoms. The summed E-state index contributed by atoms with van der Waals surface area (Å²) >= 11 is 1.83. The summed E-state index contributed by atoms with van der Waals surface area (Å²) in [5.74, 6) is 2.07. The van der Waals surface area contributed by atoms with Crippen LogP contribution < -0.4 is 10.6 Å². The van der Waals surface area contributed by atoms with E-state index in [2.05, 4.69) is 41.8 Å². The van der Waals surface area contributed by atoms with Gasteiger partial charge in [-0.05, 0) is 25.2 Å². The van der Waals surface area contributed by atoms with E-state index in [-0.39, 0.29) is 11.9 Å². The van der Waals surface area contributed by atoms with Gasteiger partial charge in [0.05, 0.1) is 6.04 Å². The van der Waals surface area contributed by atoms with Crippen molar-refractivity contribution in [3.05, 3.63) is 35.4 Å². The number of carbonyl (C=O) groups is 1. The molecule has 1 aromatic rings. The molecule has 0 saturated carbocycles. The van der Waals surface area contributed by atoms with Gasteiger partial charge in [0.25, 0.3) is 0 Å². The summed E-state index contributed by atoms with van der Waals surface area (Å²) in [6, 6.07) is 8.23. The molecule has 0 aromatic heterocycles. The maximum atomic E-state index is 12.1. The van der Waals surface area contributed by atoms with Gasteiger partial charge in [-0.2, -0.15) is 11.8 Å². The van der Waals surface area contributed by atoms with Crippen LogP contribution in [0.25, 0.3) is 0 Å². The SMILES string of the molecule is CN(C)Cc1ccccc1CNC(=O)C1CSCCN1. The Kier molecular flexibility index (Phi) is 5.88. The highest BCUT2D eigenvalue weighted by Gasteiger charge is 2.20. The lowest BCUT2D eigenvalue weighted by molar-refractivity contribution is -0.122. The van der Waals surface area contributed by atoms with Gasteiger partial charge in [-0.25, -0.2) is 0 Å². The number of benzene rings is 1. The summed E-state index contributed by atoms with van der Waals surface area (Å²) < 4.78 is 0. The van der Waals surface area contributed by atoms with Gasteiger partial charge in [0.1, 0.15) is 0 Å². The minimum absolute atomic E-state index is 0.0465. The minimum Gasteiger partial charge on any atom is -0.351 e. The fourth-order valence-electron chi connectivity index (χ4n) is 2.26. The Bertz CT molecular complexity index is 444. The van der Waals surface area contributed by atoms with Crippen molar-refractivity contribution in [2.45, 2.75) is 19.1 Å². The van der Waals surface area contributed by atoms with Gasteiger partial charge in [0.2, 0.25) is 5.91 Å². The van der Waals surface area contributed by atoms with Gasteiger partial charge in [-0.3, -0.25) is 4.79 Å². The summed E-state index contributed by atoms with van der Waals surface area (Å²) in [6.45, 7) is 2.41. The van der Waals surface area contributed by atoms with Crippen molar-refractivity contribution in [3.63, 3.8) is 0 Å². The van der Waals surface area contributed by atoms with Crippen LogP contribution in [0.4, 0.5) is 0 Å². The quantitative estimate of drug-likeness (QED) is 0.852. The molecule has 0 spiro atoms. The number of carbonyl (C=O) groups excluding carboxylic acids is 1. The minimum atomic E-state index is -0.0465. The van der Waals surface area contributed by atoms with E-state index >= 15 is 0 Å². The summed E-state index contributed by atoms with van der Waals surface area (Å²) in [5.41, 5.74) is 2.46. The molecular weight excluding hydrogens is 270 g/mol. The number of nitrogens with one attached hydrogen (secondary N) is 2. The first-order valence-corrected chi connectivity index (χ1v) is 8.12. The zero-order valence-electron chi connectivity index (χ0n) is 12.2. The molecule has 1 atom stereocenters. The van der Waals surface area contributed by atoms with Crippen LogP contribution >= 0.6 is 11.8 Å². The number of rotatable bonds is 5. The van der Waals surface area contributed by atoms with Crippen LogP contribution in [0.2, 0.25) is 0 Å². The topological polar surface area (TPSA) is 44.4 Å². The second-order valence-corrected chi connectivity index (χ2v) is 6.46. The molecule has 5 heteroatoms. The van der Waals surface area contributed by atoms with Crippen molar-refractivity contribution in [3.8, 4) is 0 Å². The number of amides is 1. The molecule has 0 aliphatic carbocycles. The molecule has 1 aliphatic rings. The molecule has 0 radical (unpaired) electrons. The third kappa shape index (κ3) is 4.51. The van der Waals surface area contributed by atoms with E-state index in [1.54, 1.807) is 0 Å². The van der Waals surface area contributed by atoms with Gasteiger partial charge in [-0.15, -0.1) is 0 Å². The van der Waals surface area contributed by atoms with E-state index < -0.39 is 0 Å². The van der Waals surface area contributed by atoms with E-state index in [9.17, 15) is 4.79 Å². The third-order valence-electron chi connectivity index (χ3n) is 3.30. The Hall–Kier alpha value is -1.04. The van der Waals surface area contributed by atoms with E-state index in [1.165, 1.54) is 11.1 Å². The third-order valence-corrected chi connectivity index (χ3v) is 4.36. The van der Waals surface area contributed by atoms with Crippen LogP contribution in [0.1, 0.15) is 11.1 Å². The molecule has 4 nitrogen and oxygen atoms in total. The maximum absolute atomic E-state index is 12.1. The normalized spacial score (nSPS) is 19.1. The zero-order chi connectivity index (χ0) is 14.4. The fraction of sp³-hybridized carbons (Fsp3) is 0.533. The van der Waals surface area contributed by atoms with Crippen molar-refractivity contribution in [2.24, 2.45) is 0 Å². The predicted molar refractivity (Wildman–Crippen MR) is 84.8 cm³/mol. The van der Waals surface area contributed by atoms with Crippen LogP contribution in [0.5, 0.6) is 0 Å². The van der Waals surface area contributed by atoms with Gasteiger partial charge < -0.3 is 15.5 Å². The summed E-state index contributed by atoms with van der Waals surface area (Å²) in [7, 11) is 4.11. The second kappa shape index (κ2) is 7.67. The molecule has 1 fully saturated rings. The Morgan fingerprint density at radius 3 is 2.80 bits per heavy atom. The highest BCUT2D eigenvalue weighted by Crippen LogP contribution is 2.11. The van der Waals surface area contributed by atoms with Crippen molar-refractivity contribution >= 4 is 17.7 Å². The average Bonchev–Trinajstić information content (AvgIpc) is 2.46. The van der Waals surface area contributed by atoms with Crippen LogP contribution in [-0.2, 0) is 17.9 Å². The van der Waals surface area contributed by atoms with E-state index in [0.29, 0.717) is 6.54 Å². The first-order valence-electron chi connectivity index (χ1n) is 6.97. The van der Waals surface area contributed by atoms with Gasteiger partial charge in [-0.1, -0.05) is 24.3 Å². The molecule has 0 bridgehead atoms. The number of hydrogen-bond donors (Lipinski definition) is 2. The van der Waals surface area contributed by atoms with Crippen molar-refractivity contribution in [1.82, 2.24) is 15.5 Å². The monoisotopic (exact) mass is 293 g/mol. The van der Waals surface area contributed by atoms with Crippen molar-refractivity contribution < 1.29 is 4.79 Å². The Morgan fingerprint density at radius 1 is 1.40 bits per heavy atom. The highest BCUT2D eigenvalue weighted by molar-refractivity contribution is 7.99. The number of thioether (sulfide) groups is 1. The molecule has 1 saturated heterocycles. The smallest absolute Gasteiger partial charge is 0.238 e. The van der Waals surface area contributed by atoms with Gasteiger partial charge in [0.15, 0.2) is 0 Å². The number of nitrogens with zero attached hydrogens (tertiary/aromatic N) is 1. The molecule has 1 aliphatic heterocycles. The highest BCUT2D eigenvalue weighted by atomic mass is 32.2. The largest absolute Gasteiger partial charge is 0.351 e. The van der Waals surface area contributed by atoms with E-state index in [0.717, 1.165) is 24.6 Å². The molecule has 1 aromatic carbocycles. The van der Waals surface area contributed by atoms with Crippen LogP contribution in [0, 0.1) is 0 Å². The first kappa shape index (κ1) is 15.4. The van der Waals surface area contributed by atoms with E-state index in [1.807, 2.05) is 23.9 Å². The summed E-state index contributed by atoms with van der Waals surface area (Å²) in [4.78, 5) is 14.2. The average molecular weight is 293 g/mol. The predicted octanol–water partition coefficient (Wildman–Crippen LogP) is 1.07. The maximum Gasteiger partial charge on any atom is 0.238 e. The Balaban J connectivity index is 1.91. The standard InChI is InChI=1S/C15H23N3OS/c1-18(2)10-13-6-4-3-5-12(13)9-17-15(19)14-11-20-8-7-16-14/h3-6,14,16H,7-11H2,1-2H3,(H,17,19). The molecule has 1 heterocycles. The van der Waals surface area contributed by atoms with Crippen molar-refractivity contribution in [1.29, 1.82) is 0 Å². The summed E-state index contributed by atoms with van der Waals surface area (Å²) in [6.07, 6.45) is 0. The lowest BCUT2D eigenvalue weighted by Crippen LogP contribution is -2.48. The molecular formula is C15H23N3OS. The van der Waals surface area contributed by atoms with E-state index in [4.69, 9.17) is 0 Å². The fourth-order valence-corrected chi connectivity index (χ4v) is 3.20. The van der Waals surface area contributed by atoms with Gasteiger partial charge >= 0.3 is 0 Å². The second-order valence-electron chi connectivity index (χ2n) is 5.31. The summed E-state index contributed by atoms with van der Waals surface area (Å²) in [5, 5.41) is 6.31. The van der Waals surface area contributed by atoms with Crippen LogP contribution in [0.3, 0.4) is 0 Å². The van der Waals surface area contributed by atoms with Crippen LogP contribution in [0.15, 0.2) is 24.3 Å². The molecule has 2 N–H and O–H groups in total. The first-order chi connectivity index (χ1) is 9.66. The molecule has 1 unspecified atom stereocenters. The van der Waals surface area contributed by atoms with Gasteiger partial charge in [0, 0.05) is 31.1 Å². The molecule has 110 valence electrons. The van der Waals surface area contributed by atoms with Crippen molar-refractivity contribution in [2.75, 3.05) is 32.1 Å². The number of hydrogen-bond acceptors (Lipinski definition) is 4. The molecule has 2 rings (SSSR count). The zero-order valence-corrected chi connectivity index (χ0v) is 13.0. The lowest BCUT2D eigenvalue weighted by Gasteiger charge is -2.22. The molecule has 1 amide bonds. The Morgan fingerprint density at radius 2 is 2.15 bits per heavy atom. The Labute approximate surface area is 125 Å².